The van der Waals surface area contributed by atoms with E-state index < -0.39 is 22.9 Å². The Labute approximate surface area is 164 Å². The first-order valence-corrected chi connectivity index (χ1v) is 10.4. The molecule has 0 radical (unpaired) electrons. The number of aromatic nitrogens is 2. The Morgan fingerprint density at radius 2 is 2.07 bits per heavy atom. The second kappa shape index (κ2) is 8.20. The van der Waals surface area contributed by atoms with Gasteiger partial charge in [0.2, 0.25) is 0 Å². The average Bonchev–Trinajstić information content (AvgIpc) is 2.96. The third kappa shape index (κ3) is 5.11. The molecular formula is C18H24F3N5OS. The fourth-order valence-corrected chi connectivity index (χ4v) is 4.14. The normalized spacial score (nSPS) is 21.4. The SMILES string of the molecule is Cc1cc2nc(CN/N=C3/CN(S(=O)CC(F)(F)F)CCC3C)[nH]c2cc1C. The summed E-state index contributed by atoms with van der Waals surface area (Å²) in [6.07, 6.45) is -3.82. The van der Waals surface area contributed by atoms with Crippen molar-refractivity contribution in [2.45, 2.75) is 39.9 Å². The molecule has 1 fully saturated rings. The fourth-order valence-electron chi connectivity index (χ4n) is 3.09. The van der Waals surface area contributed by atoms with Gasteiger partial charge in [-0.1, -0.05) is 6.92 Å². The topological polar surface area (TPSA) is 73.4 Å². The van der Waals surface area contributed by atoms with Gasteiger partial charge in [-0.2, -0.15) is 18.3 Å². The predicted molar refractivity (Wildman–Crippen MR) is 104 cm³/mol. The molecule has 1 aliphatic heterocycles. The molecule has 1 aromatic carbocycles. The number of aryl methyl sites for hydroxylation is 2. The number of alkyl halides is 3. The van der Waals surface area contributed by atoms with Crippen LogP contribution in [0.4, 0.5) is 13.2 Å². The minimum atomic E-state index is -4.44. The van der Waals surface area contributed by atoms with Crippen LogP contribution in [0, 0.1) is 19.8 Å². The summed E-state index contributed by atoms with van der Waals surface area (Å²) in [7, 11) is -2.09. The molecule has 0 aliphatic carbocycles. The molecular weight excluding hydrogens is 391 g/mol. The zero-order valence-electron chi connectivity index (χ0n) is 16.1. The molecule has 28 heavy (non-hydrogen) atoms. The van der Waals surface area contributed by atoms with Crippen molar-refractivity contribution in [2.24, 2.45) is 11.0 Å². The number of benzene rings is 1. The van der Waals surface area contributed by atoms with Gasteiger partial charge < -0.3 is 10.4 Å². The van der Waals surface area contributed by atoms with E-state index >= 15 is 0 Å². The molecule has 154 valence electrons. The van der Waals surface area contributed by atoms with Crippen molar-refractivity contribution < 1.29 is 17.4 Å². The minimum Gasteiger partial charge on any atom is -0.340 e. The standard InChI is InChI=1S/C18H24F3N5OS/c1-11-4-5-26(28(27)10-18(19,20)21)9-16(11)25-22-8-17-23-14-6-12(2)13(3)7-15(14)24-17/h6-7,11,22H,4-5,8-10H2,1-3H3,(H,23,24)/b25-16-. The second-order valence-corrected chi connectivity index (χ2v) is 8.66. The van der Waals surface area contributed by atoms with Gasteiger partial charge >= 0.3 is 6.18 Å². The first kappa shape index (κ1) is 20.8. The van der Waals surface area contributed by atoms with Crippen molar-refractivity contribution in [1.29, 1.82) is 0 Å². The molecule has 0 amide bonds. The third-order valence-corrected chi connectivity index (χ3v) is 6.37. The van der Waals surface area contributed by atoms with Crippen molar-refractivity contribution in [3.8, 4) is 0 Å². The Hall–Kier alpha value is -1.94. The summed E-state index contributed by atoms with van der Waals surface area (Å²) >= 11 is 0. The highest BCUT2D eigenvalue weighted by atomic mass is 32.2. The number of H-pyrrole nitrogens is 1. The minimum absolute atomic E-state index is 0.118. The predicted octanol–water partition coefficient (Wildman–Crippen LogP) is 3.19. The molecule has 0 spiro atoms. The fraction of sp³-hybridized carbons (Fsp3) is 0.556. The van der Waals surface area contributed by atoms with Crippen LogP contribution in [0.5, 0.6) is 0 Å². The van der Waals surface area contributed by atoms with Crippen LogP contribution in [0.15, 0.2) is 17.2 Å². The number of halogens is 3. The number of fused-ring (bicyclic) bond motifs is 1. The quantitative estimate of drug-likeness (QED) is 0.737. The summed E-state index contributed by atoms with van der Waals surface area (Å²) in [6, 6.07) is 4.07. The summed E-state index contributed by atoms with van der Waals surface area (Å²) in [4.78, 5) is 7.77. The molecule has 1 saturated heterocycles. The summed E-state index contributed by atoms with van der Waals surface area (Å²) in [6.45, 7) is 6.94. The summed E-state index contributed by atoms with van der Waals surface area (Å²) in [5.74, 6) is -0.474. The van der Waals surface area contributed by atoms with Gasteiger partial charge in [0.05, 0.1) is 29.8 Å². The maximum Gasteiger partial charge on any atom is 0.401 e. The number of piperidine rings is 1. The van der Waals surface area contributed by atoms with Crippen LogP contribution in [0.1, 0.15) is 30.3 Å². The molecule has 2 heterocycles. The number of rotatable bonds is 5. The Kier molecular flexibility index (Phi) is 6.09. The average molecular weight is 415 g/mol. The number of hydrogen-bond acceptors (Lipinski definition) is 4. The van der Waals surface area contributed by atoms with E-state index in [1.807, 2.05) is 32.9 Å². The monoisotopic (exact) mass is 415 g/mol. The molecule has 6 nitrogen and oxygen atoms in total. The van der Waals surface area contributed by atoms with Gasteiger partial charge in [-0.3, -0.25) is 0 Å². The molecule has 0 bridgehead atoms. The highest BCUT2D eigenvalue weighted by Crippen LogP contribution is 2.21. The van der Waals surface area contributed by atoms with Crippen molar-refractivity contribution in [2.75, 3.05) is 18.8 Å². The number of imidazole rings is 1. The van der Waals surface area contributed by atoms with Gasteiger partial charge in [0.15, 0.2) is 0 Å². The van der Waals surface area contributed by atoms with Crippen molar-refractivity contribution in [3.05, 3.63) is 29.1 Å². The van der Waals surface area contributed by atoms with Gasteiger partial charge in [0, 0.05) is 6.54 Å². The van der Waals surface area contributed by atoms with Crippen LogP contribution in [0.2, 0.25) is 0 Å². The van der Waals surface area contributed by atoms with Gasteiger partial charge in [0.1, 0.15) is 22.6 Å². The highest BCUT2D eigenvalue weighted by molar-refractivity contribution is 7.82. The lowest BCUT2D eigenvalue weighted by molar-refractivity contribution is -0.106. The lowest BCUT2D eigenvalue weighted by Gasteiger charge is -2.30. The van der Waals surface area contributed by atoms with E-state index in [0.717, 1.165) is 16.9 Å². The molecule has 2 unspecified atom stereocenters. The highest BCUT2D eigenvalue weighted by Gasteiger charge is 2.35. The first-order chi connectivity index (χ1) is 13.1. The van der Waals surface area contributed by atoms with Crippen LogP contribution >= 0.6 is 0 Å². The third-order valence-electron chi connectivity index (χ3n) is 4.91. The summed E-state index contributed by atoms with van der Waals surface area (Å²) in [5.41, 5.74) is 7.83. The van der Waals surface area contributed by atoms with E-state index in [2.05, 4.69) is 20.5 Å². The summed E-state index contributed by atoms with van der Waals surface area (Å²) < 4.78 is 50.7. The number of hydrogen-bond donors (Lipinski definition) is 2. The number of aromatic amines is 1. The molecule has 1 aromatic heterocycles. The zero-order chi connectivity index (χ0) is 20.5. The second-order valence-electron chi connectivity index (χ2n) is 7.21. The molecule has 2 atom stereocenters. The Bertz CT molecular complexity index is 869. The lowest BCUT2D eigenvalue weighted by Crippen LogP contribution is -2.44. The maximum absolute atomic E-state index is 12.5. The lowest BCUT2D eigenvalue weighted by atomic mass is 9.98. The number of nitrogens with one attached hydrogen (secondary N) is 2. The van der Waals surface area contributed by atoms with Crippen LogP contribution < -0.4 is 5.43 Å². The van der Waals surface area contributed by atoms with Crippen LogP contribution in [-0.2, 0) is 17.5 Å². The van der Waals surface area contributed by atoms with Crippen LogP contribution in [0.25, 0.3) is 11.0 Å². The Morgan fingerprint density at radius 3 is 2.79 bits per heavy atom. The first-order valence-electron chi connectivity index (χ1n) is 9.07. The van der Waals surface area contributed by atoms with Crippen LogP contribution in [0.3, 0.4) is 0 Å². The molecule has 10 heteroatoms. The van der Waals surface area contributed by atoms with Gasteiger partial charge in [-0.15, -0.1) is 0 Å². The molecule has 2 N–H and O–H groups in total. The molecule has 3 rings (SSSR count). The zero-order valence-corrected chi connectivity index (χ0v) is 16.9. The van der Waals surface area contributed by atoms with Gasteiger partial charge in [-0.05, 0) is 49.4 Å². The van der Waals surface area contributed by atoms with E-state index in [1.54, 1.807) is 0 Å². The van der Waals surface area contributed by atoms with Crippen LogP contribution in [-0.4, -0.2) is 49.2 Å². The van der Waals surface area contributed by atoms with E-state index in [1.165, 1.54) is 15.4 Å². The molecule has 0 saturated carbocycles. The number of nitrogens with zero attached hydrogens (tertiary/aromatic N) is 3. The molecule has 2 aromatic rings. The van der Waals surface area contributed by atoms with E-state index in [-0.39, 0.29) is 12.5 Å². The Balaban J connectivity index is 1.63. The van der Waals surface area contributed by atoms with Crippen molar-refractivity contribution >= 4 is 27.7 Å². The summed E-state index contributed by atoms with van der Waals surface area (Å²) in [5, 5.41) is 4.34. The maximum atomic E-state index is 12.5. The van der Waals surface area contributed by atoms with Gasteiger partial charge in [0.25, 0.3) is 0 Å². The van der Waals surface area contributed by atoms with E-state index in [0.29, 0.717) is 25.2 Å². The Morgan fingerprint density at radius 1 is 1.36 bits per heavy atom. The van der Waals surface area contributed by atoms with Gasteiger partial charge in [-0.25, -0.2) is 13.5 Å². The van der Waals surface area contributed by atoms with E-state index in [4.69, 9.17) is 0 Å². The number of hydrazone groups is 1. The van der Waals surface area contributed by atoms with Crippen molar-refractivity contribution in [3.63, 3.8) is 0 Å². The smallest absolute Gasteiger partial charge is 0.340 e. The molecule has 1 aliphatic rings. The van der Waals surface area contributed by atoms with E-state index in [9.17, 15) is 17.4 Å². The van der Waals surface area contributed by atoms with Crippen molar-refractivity contribution in [1.82, 2.24) is 19.7 Å². The largest absolute Gasteiger partial charge is 0.401 e.